The predicted octanol–water partition coefficient (Wildman–Crippen LogP) is 6.13. The van der Waals surface area contributed by atoms with Crippen LogP contribution in [0.5, 0.6) is 5.75 Å². The summed E-state index contributed by atoms with van der Waals surface area (Å²) in [6.07, 6.45) is 1.70. The summed E-state index contributed by atoms with van der Waals surface area (Å²) in [6, 6.07) is 22.7. The van der Waals surface area contributed by atoms with Crippen LogP contribution in [0.2, 0.25) is 5.02 Å². The number of anilines is 1. The van der Waals surface area contributed by atoms with E-state index in [9.17, 15) is 8.42 Å². The molecule has 0 aromatic heterocycles. The fourth-order valence-corrected chi connectivity index (χ4v) is 4.71. The zero-order valence-corrected chi connectivity index (χ0v) is 18.7. The number of benzene rings is 3. The Labute approximate surface area is 188 Å². The number of hydrogen-bond donors (Lipinski definition) is 0. The van der Waals surface area contributed by atoms with Gasteiger partial charge in [0.05, 0.1) is 23.7 Å². The molecule has 0 N–H and O–H groups in total. The van der Waals surface area contributed by atoms with Crippen molar-refractivity contribution >= 4 is 38.9 Å². The van der Waals surface area contributed by atoms with Gasteiger partial charge in [0, 0.05) is 16.5 Å². The van der Waals surface area contributed by atoms with Crippen molar-refractivity contribution in [3.05, 3.63) is 89.4 Å². The summed E-state index contributed by atoms with van der Waals surface area (Å²) in [5.74, 6) is 1.26. The first-order chi connectivity index (χ1) is 14.5. The van der Waals surface area contributed by atoms with Crippen LogP contribution in [0, 0.1) is 0 Å². The predicted molar refractivity (Wildman–Crippen MR) is 123 cm³/mol. The number of alkyl halides is 1. The first-order valence-electron chi connectivity index (χ1n) is 9.62. The number of sulfonamides is 1. The van der Waals surface area contributed by atoms with Gasteiger partial charge in [0.25, 0.3) is 10.0 Å². The fraction of sp³-hybridized carbons (Fsp3) is 0.217. The number of ether oxygens (including phenoxy) is 1. The van der Waals surface area contributed by atoms with Gasteiger partial charge in [-0.15, -0.1) is 11.6 Å². The fourth-order valence-electron chi connectivity index (χ4n) is 2.95. The third kappa shape index (κ3) is 5.69. The van der Waals surface area contributed by atoms with Crippen molar-refractivity contribution in [1.82, 2.24) is 0 Å². The Bertz CT molecular complexity index is 1040. The Morgan fingerprint density at radius 2 is 1.50 bits per heavy atom. The third-order valence-corrected chi connectivity index (χ3v) is 6.83. The Hall–Kier alpha value is -2.21. The normalized spacial score (nSPS) is 11.3. The maximum absolute atomic E-state index is 13.5. The molecule has 0 aliphatic rings. The van der Waals surface area contributed by atoms with Crippen molar-refractivity contribution in [2.75, 3.05) is 16.8 Å². The number of nitrogens with zero attached hydrogens (tertiary/aromatic N) is 1. The van der Waals surface area contributed by atoms with Gasteiger partial charge < -0.3 is 4.74 Å². The molecule has 0 heterocycles. The van der Waals surface area contributed by atoms with E-state index in [1.165, 1.54) is 16.4 Å². The van der Waals surface area contributed by atoms with Crippen molar-refractivity contribution in [2.45, 2.75) is 24.3 Å². The summed E-state index contributed by atoms with van der Waals surface area (Å²) in [5, 5.41) is 0.482. The van der Waals surface area contributed by atoms with Crippen molar-refractivity contribution in [1.29, 1.82) is 0 Å². The molecule has 0 bridgehead atoms. The van der Waals surface area contributed by atoms with Gasteiger partial charge >= 0.3 is 0 Å². The number of halogens is 2. The van der Waals surface area contributed by atoms with Crippen LogP contribution in [-0.4, -0.2) is 20.9 Å². The van der Waals surface area contributed by atoms with Crippen LogP contribution in [-0.2, 0) is 16.6 Å². The van der Waals surface area contributed by atoms with E-state index in [4.69, 9.17) is 27.9 Å². The summed E-state index contributed by atoms with van der Waals surface area (Å²) in [6.45, 7) is 0.666. The van der Waals surface area contributed by atoms with Crippen molar-refractivity contribution < 1.29 is 13.2 Å². The maximum atomic E-state index is 13.5. The molecule has 3 aromatic carbocycles. The molecular formula is C23H23Cl2NO3S. The van der Waals surface area contributed by atoms with Crippen LogP contribution in [0.25, 0.3) is 0 Å². The topological polar surface area (TPSA) is 46.6 Å². The van der Waals surface area contributed by atoms with Crippen molar-refractivity contribution in [3.63, 3.8) is 0 Å². The lowest BCUT2D eigenvalue weighted by atomic mass is 10.2. The van der Waals surface area contributed by atoms with E-state index in [0.29, 0.717) is 28.9 Å². The molecule has 158 valence electrons. The standard InChI is InChI=1S/C23H23Cl2NO3S/c24-16-6-7-17-29-23-11-5-4-8-19(23)18-26(21-9-2-1-3-10-21)30(27,28)22-14-12-20(25)13-15-22/h1-5,8-15H,6-7,16-18H2. The summed E-state index contributed by atoms with van der Waals surface area (Å²) in [4.78, 5) is 0.177. The first-order valence-corrected chi connectivity index (χ1v) is 12.0. The summed E-state index contributed by atoms with van der Waals surface area (Å²) in [5.41, 5.74) is 1.36. The van der Waals surface area contributed by atoms with Crippen molar-refractivity contribution in [3.8, 4) is 5.75 Å². The van der Waals surface area contributed by atoms with Crippen molar-refractivity contribution in [2.24, 2.45) is 0 Å². The van der Waals surface area contributed by atoms with Crippen LogP contribution < -0.4 is 9.04 Å². The third-order valence-electron chi connectivity index (χ3n) is 4.52. The second kappa shape index (κ2) is 10.7. The molecule has 0 fully saturated rings. The molecule has 0 spiro atoms. The van der Waals surface area contributed by atoms with Gasteiger partial charge in [0.15, 0.2) is 0 Å². The first kappa shape index (κ1) is 22.5. The molecule has 30 heavy (non-hydrogen) atoms. The number of unbranched alkanes of at least 4 members (excludes halogenated alkanes) is 1. The molecule has 7 heteroatoms. The van der Waals surface area contributed by atoms with Gasteiger partial charge in [0.2, 0.25) is 0 Å². The van der Waals surface area contributed by atoms with Crippen LogP contribution >= 0.6 is 23.2 Å². The van der Waals surface area contributed by atoms with E-state index in [-0.39, 0.29) is 11.4 Å². The zero-order valence-electron chi connectivity index (χ0n) is 16.4. The lowest BCUT2D eigenvalue weighted by Gasteiger charge is -2.25. The molecule has 0 aliphatic heterocycles. The van der Waals surface area contributed by atoms with Crippen LogP contribution in [0.1, 0.15) is 18.4 Å². The quantitative estimate of drug-likeness (QED) is 0.268. The second-order valence-electron chi connectivity index (χ2n) is 6.65. The van der Waals surface area contributed by atoms with Gasteiger partial charge in [-0.1, -0.05) is 48.0 Å². The average molecular weight is 464 g/mol. The monoisotopic (exact) mass is 463 g/mol. The van der Waals surface area contributed by atoms with Gasteiger partial charge in [0.1, 0.15) is 5.75 Å². The minimum Gasteiger partial charge on any atom is -0.493 e. The summed E-state index contributed by atoms with van der Waals surface area (Å²) in [7, 11) is -3.81. The smallest absolute Gasteiger partial charge is 0.264 e. The highest BCUT2D eigenvalue weighted by Gasteiger charge is 2.26. The van der Waals surface area contributed by atoms with E-state index in [1.54, 1.807) is 24.3 Å². The zero-order chi connectivity index (χ0) is 21.4. The molecule has 0 atom stereocenters. The van der Waals surface area contributed by atoms with Gasteiger partial charge in [-0.3, -0.25) is 4.31 Å². The highest BCUT2D eigenvalue weighted by Crippen LogP contribution is 2.29. The van der Waals surface area contributed by atoms with E-state index in [1.807, 2.05) is 42.5 Å². The minimum atomic E-state index is -3.81. The number of hydrogen-bond acceptors (Lipinski definition) is 3. The minimum absolute atomic E-state index is 0.140. The Morgan fingerprint density at radius 3 is 2.20 bits per heavy atom. The summed E-state index contributed by atoms with van der Waals surface area (Å²) < 4.78 is 34.3. The molecule has 0 saturated carbocycles. The SMILES string of the molecule is O=S(=O)(c1ccc(Cl)cc1)N(Cc1ccccc1OCCCCCl)c1ccccc1. The van der Waals surface area contributed by atoms with E-state index in [0.717, 1.165) is 18.4 Å². The average Bonchev–Trinajstić information content (AvgIpc) is 2.76. The van der Waals surface area contributed by atoms with Gasteiger partial charge in [-0.2, -0.15) is 0 Å². The highest BCUT2D eigenvalue weighted by molar-refractivity contribution is 7.92. The van der Waals surface area contributed by atoms with Gasteiger partial charge in [-0.25, -0.2) is 8.42 Å². The molecular weight excluding hydrogens is 441 g/mol. The summed E-state index contributed by atoms with van der Waals surface area (Å²) >= 11 is 11.7. The maximum Gasteiger partial charge on any atom is 0.264 e. The molecule has 0 aliphatic carbocycles. The van der Waals surface area contributed by atoms with Crippen LogP contribution in [0.15, 0.2) is 83.8 Å². The lowest BCUT2D eigenvalue weighted by molar-refractivity contribution is 0.306. The highest BCUT2D eigenvalue weighted by atomic mass is 35.5. The Kier molecular flexibility index (Phi) is 8.02. The van der Waals surface area contributed by atoms with Crippen LogP contribution in [0.4, 0.5) is 5.69 Å². The van der Waals surface area contributed by atoms with Gasteiger partial charge in [-0.05, 0) is 55.3 Å². The Balaban J connectivity index is 1.95. The van der Waals surface area contributed by atoms with E-state index >= 15 is 0 Å². The lowest BCUT2D eigenvalue weighted by Crippen LogP contribution is -2.30. The number of rotatable bonds is 10. The number of para-hydroxylation sites is 2. The molecule has 0 amide bonds. The molecule has 4 nitrogen and oxygen atoms in total. The molecule has 0 unspecified atom stereocenters. The molecule has 0 saturated heterocycles. The second-order valence-corrected chi connectivity index (χ2v) is 9.33. The largest absolute Gasteiger partial charge is 0.493 e. The van der Waals surface area contributed by atoms with E-state index < -0.39 is 10.0 Å². The molecule has 3 aromatic rings. The molecule has 3 rings (SSSR count). The Morgan fingerprint density at radius 1 is 0.833 bits per heavy atom. The molecule has 0 radical (unpaired) electrons. The van der Waals surface area contributed by atoms with Crippen LogP contribution in [0.3, 0.4) is 0 Å². The van der Waals surface area contributed by atoms with E-state index in [2.05, 4.69) is 0 Å².